The van der Waals surface area contributed by atoms with Gasteiger partial charge in [-0.1, -0.05) is 18.2 Å². The molecule has 2 aromatic carbocycles. The lowest BCUT2D eigenvalue weighted by Crippen LogP contribution is -2.11. The quantitative estimate of drug-likeness (QED) is 0.939. The zero-order valence-corrected chi connectivity index (χ0v) is 11.4. The van der Waals surface area contributed by atoms with Crippen molar-refractivity contribution in [3.8, 4) is 5.75 Å². The summed E-state index contributed by atoms with van der Waals surface area (Å²) in [6, 6.07) is 14.5. The largest absolute Gasteiger partial charge is 0.495 e. The fraction of sp³-hybridized carbons (Fsp3) is 0.0714. The van der Waals surface area contributed by atoms with E-state index in [1.807, 2.05) is 30.3 Å². The van der Waals surface area contributed by atoms with Gasteiger partial charge in [-0.25, -0.2) is 0 Å². The average molecular weight is 306 g/mol. The molecule has 4 heteroatoms. The fourth-order valence-electron chi connectivity index (χ4n) is 1.53. The molecule has 0 bridgehead atoms. The lowest BCUT2D eigenvalue weighted by atomic mass is 10.2. The Labute approximate surface area is 114 Å². The van der Waals surface area contributed by atoms with Gasteiger partial charge in [0, 0.05) is 17.3 Å². The first-order valence-corrected chi connectivity index (χ1v) is 6.20. The fourth-order valence-corrected chi connectivity index (χ4v) is 1.94. The van der Waals surface area contributed by atoms with Crippen LogP contribution in [0.1, 0.15) is 10.4 Å². The molecule has 0 unspecified atom stereocenters. The lowest BCUT2D eigenvalue weighted by molar-refractivity contribution is 0.102. The number of nitrogens with one attached hydrogen (secondary N) is 1. The van der Waals surface area contributed by atoms with Gasteiger partial charge in [0.1, 0.15) is 5.75 Å². The van der Waals surface area contributed by atoms with Crippen LogP contribution < -0.4 is 10.1 Å². The molecule has 0 aliphatic heterocycles. The van der Waals surface area contributed by atoms with Crippen molar-refractivity contribution in [3.63, 3.8) is 0 Å². The van der Waals surface area contributed by atoms with Crippen molar-refractivity contribution in [1.29, 1.82) is 0 Å². The SMILES string of the molecule is COc1cc(NC(=O)c2ccccc2)ccc1Br. The van der Waals surface area contributed by atoms with Crippen molar-refractivity contribution < 1.29 is 9.53 Å². The van der Waals surface area contributed by atoms with Gasteiger partial charge in [-0.05, 0) is 40.2 Å². The maximum absolute atomic E-state index is 11.9. The Bertz CT molecular complexity index is 555. The maximum atomic E-state index is 11.9. The highest BCUT2D eigenvalue weighted by atomic mass is 79.9. The smallest absolute Gasteiger partial charge is 0.255 e. The van der Waals surface area contributed by atoms with Gasteiger partial charge in [0.25, 0.3) is 5.91 Å². The van der Waals surface area contributed by atoms with Crippen molar-refractivity contribution >= 4 is 27.5 Å². The molecule has 2 aromatic rings. The summed E-state index contributed by atoms with van der Waals surface area (Å²) in [6.07, 6.45) is 0. The van der Waals surface area contributed by atoms with Crippen LogP contribution in [0.5, 0.6) is 5.75 Å². The van der Waals surface area contributed by atoms with Crippen LogP contribution in [0.15, 0.2) is 53.0 Å². The van der Waals surface area contributed by atoms with Crippen molar-refractivity contribution in [2.24, 2.45) is 0 Å². The molecule has 0 heterocycles. The predicted octanol–water partition coefficient (Wildman–Crippen LogP) is 3.71. The second-order valence-electron chi connectivity index (χ2n) is 3.67. The Hall–Kier alpha value is -1.81. The molecule has 0 aromatic heterocycles. The van der Waals surface area contributed by atoms with Gasteiger partial charge in [0.05, 0.1) is 11.6 Å². The minimum atomic E-state index is -0.139. The van der Waals surface area contributed by atoms with E-state index in [1.165, 1.54) is 0 Å². The van der Waals surface area contributed by atoms with Gasteiger partial charge >= 0.3 is 0 Å². The molecular formula is C14H12BrNO2. The summed E-state index contributed by atoms with van der Waals surface area (Å²) in [5.74, 6) is 0.542. The van der Waals surface area contributed by atoms with Crippen molar-refractivity contribution in [1.82, 2.24) is 0 Å². The van der Waals surface area contributed by atoms with E-state index in [1.54, 1.807) is 25.3 Å². The summed E-state index contributed by atoms with van der Waals surface area (Å²) in [4.78, 5) is 11.9. The van der Waals surface area contributed by atoms with Gasteiger partial charge in [0.2, 0.25) is 0 Å². The molecule has 0 fully saturated rings. The highest BCUT2D eigenvalue weighted by molar-refractivity contribution is 9.10. The van der Waals surface area contributed by atoms with E-state index in [4.69, 9.17) is 4.74 Å². The number of amides is 1. The average Bonchev–Trinajstić information content (AvgIpc) is 2.42. The summed E-state index contributed by atoms with van der Waals surface area (Å²) < 4.78 is 6.02. The van der Waals surface area contributed by atoms with E-state index in [-0.39, 0.29) is 5.91 Å². The van der Waals surface area contributed by atoms with Crippen LogP contribution in [-0.2, 0) is 0 Å². The summed E-state index contributed by atoms with van der Waals surface area (Å²) in [5, 5.41) is 2.82. The van der Waals surface area contributed by atoms with E-state index < -0.39 is 0 Å². The van der Waals surface area contributed by atoms with E-state index in [9.17, 15) is 4.79 Å². The number of halogens is 1. The predicted molar refractivity (Wildman–Crippen MR) is 75.1 cm³/mol. The van der Waals surface area contributed by atoms with Crippen LogP contribution in [0, 0.1) is 0 Å². The first kappa shape index (κ1) is 12.6. The molecule has 1 amide bonds. The number of hydrogen-bond donors (Lipinski definition) is 1. The number of rotatable bonds is 3. The molecule has 0 radical (unpaired) electrons. The van der Waals surface area contributed by atoms with E-state index in [0.717, 1.165) is 4.47 Å². The van der Waals surface area contributed by atoms with Gasteiger partial charge in [-0.15, -0.1) is 0 Å². The van der Waals surface area contributed by atoms with Crippen molar-refractivity contribution in [2.75, 3.05) is 12.4 Å². The second kappa shape index (κ2) is 5.69. The Kier molecular flexibility index (Phi) is 3.99. The maximum Gasteiger partial charge on any atom is 0.255 e. The van der Waals surface area contributed by atoms with E-state index >= 15 is 0 Å². The van der Waals surface area contributed by atoms with Crippen LogP contribution in [0.2, 0.25) is 0 Å². The lowest BCUT2D eigenvalue weighted by Gasteiger charge is -2.08. The van der Waals surface area contributed by atoms with Gasteiger partial charge in [-0.2, -0.15) is 0 Å². The molecule has 0 atom stereocenters. The molecule has 1 N–H and O–H groups in total. The Morgan fingerprint density at radius 3 is 2.56 bits per heavy atom. The minimum Gasteiger partial charge on any atom is -0.495 e. The molecule has 0 aliphatic carbocycles. The van der Waals surface area contributed by atoms with Crippen LogP contribution in [0.3, 0.4) is 0 Å². The van der Waals surface area contributed by atoms with Crippen LogP contribution >= 0.6 is 15.9 Å². The molecule has 3 nitrogen and oxygen atoms in total. The number of anilines is 1. The number of carbonyl (C=O) groups is 1. The molecule has 0 spiro atoms. The summed E-state index contributed by atoms with van der Waals surface area (Å²) in [5.41, 5.74) is 1.32. The molecule has 0 aliphatic rings. The summed E-state index contributed by atoms with van der Waals surface area (Å²) in [7, 11) is 1.59. The third kappa shape index (κ3) is 2.90. The first-order valence-electron chi connectivity index (χ1n) is 5.40. The Balaban J connectivity index is 2.17. The summed E-state index contributed by atoms with van der Waals surface area (Å²) in [6.45, 7) is 0. The highest BCUT2D eigenvalue weighted by Crippen LogP contribution is 2.27. The number of benzene rings is 2. The number of methoxy groups -OCH3 is 1. The standard InChI is InChI=1S/C14H12BrNO2/c1-18-13-9-11(7-8-12(13)15)16-14(17)10-5-3-2-4-6-10/h2-9H,1H3,(H,16,17). The molecule has 0 saturated heterocycles. The number of hydrogen-bond acceptors (Lipinski definition) is 2. The van der Waals surface area contributed by atoms with Crippen LogP contribution in [-0.4, -0.2) is 13.0 Å². The first-order chi connectivity index (χ1) is 8.70. The number of carbonyl (C=O) groups excluding carboxylic acids is 1. The third-order valence-corrected chi connectivity index (χ3v) is 3.10. The Morgan fingerprint density at radius 1 is 1.17 bits per heavy atom. The van der Waals surface area contributed by atoms with Crippen molar-refractivity contribution in [2.45, 2.75) is 0 Å². The zero-order valence-electron chi connectivity index (χ0n) is 9.81. The van der Waals surface area contributed by atoms with Crippen LogP contribution in [0.25, 0.3) is 0 Å². The van der Waals surface area contributed by atoms with E-state index in [2.05, 4.69) is 21.2 Å². The number of ether oxygens (including phenoxy) is 1. The highest BCUT2D eigenvalue weighted by Gasteiger charge is 2.07. The molecule has 92 valence electrons. The van der Waals surface area contributed by atoms with Gasteiger partial charge < -0.3 is 10.1 Å². The van der Waals surface area contributed by atoms with Crippen LogP contribution in [0.4, 0.5) is 5.69 Å². The summed E-state index contributed by atoms with van der Waals surface area (Å²) >= 11 is 3.36. The monoisotopic (exact) mass is 305 g/mol. The van der Waals surface area contributed by atoms with Gasteiger partial charge in [0.15, 0.2) is 0 Å². The second-order valence-corrected chi connectivity index (χ2v) is 4.52. The third-order valence-electron chi connectivity index (χ3n) is 2.44. The topological polar surface area (TPSA) is 38.3 Å². The minimum absolute atomic E-state index is 0.139. The molecule has 2 rings (SSSR count). The normalized spacial score (nSPS) is 9.89. The van der Waals surface area contributed by atoms with Crippen molar-refractivity contribution in [3.05, 3.63) is 58.6 Å². The zero-order chi connectivity index (χ0) is 13.0. The Morgan fingerprint density at radius 2 is 1.89 bits per heavy atom. The molecule has 18 heavy (non-hydrogen) atoms. The molecule has 0 saturated carbocycles. The molecular weight excluding hydrogens is 294 g/mol. The van der Waals surface area contributed by atoms with E-state index in [0.29, 0.717) is 17.0 Å². The van der Waals surface area contributed by atoms with Gasteiger partial charge in [-0.3, -0.25) is 4.79 Å².